The van der Waals surface area contributed by atoms with E-state index in [4.69, 9.17) is 0 Å². The zero-order valence-corrected chi connectivity index (χ0v) is 17.9. The number of fused-ring (bicyclic) bond motifs is 1. The smallest absolute Gasteiger partial charge is 0.329 e. The van der Waals surface area contributed by atoms with Crippen molar-refractivity contribution in [1.82, 2.24) is 14.3 Å². The van der Waals surface area contributed by atoms with E-state index in [0.717, 1.165) is 21.1 Å². The van der Waals surface area contributed by atoms with E-state index >= 15 is 0 Å². The Labute approximate surface area is 178 Å². The molecule has 0 bridgehead atoms. The van der Waals surface area contributed by atoms with E-state index < -0.39 is 24.0 Å². The van der Waals surface area contributed by atoms with E-state index in [1.165, 1.54) is 0 Å². The maximum Gasteiger partial charge on any atom is 0.406 e. The van der Waals surface area contributed by atoms with Crippen LogP contribution in [0.2, 0.25) is 0 Å². The molecule has 1 amide bonds. The third-order valence-corrected chi connectivity index (χ3v) is 5.27. The normalized spacial score (nSPS) is 12.3. The van der Waals surface area contributed by atoms with Crippen molar-refractivity contribution in [1.29, 1.82) is 0 Å². The number of benzene rings is 1. The fraction of sp³-hybridized carbons (Fsp3) is 0.364. The predicted molar refractivity (Wildman–Crippen MR) is 113 cm³/mol. The first kappa shape index (κ1) is 22.2. The topological polar surface area (TPSA) is 37.6 Å². The van der Waals surface area contributed by atoms with Gasteiger partial charge in [0.25, 0.3) is 5.91 Å². The number of thioether (sulfide) groups is 1. The summed E-state index contributed by atoms with van der Waals surface area (Å²) in [5, 5.41) is 0. The third-order valence-electron chi connectivity index (χ3n) is 4.22. The van der Waals surface area contributed by atoms with Crippen LogP contribution >= 0.6 is 11.8 Å². The molecule has 0 N–H and O–H groups in total. The lowest BCUT2D eigenvalue weighted by molar-refractivity contribution is -0.142. The highest BCUT2D eigenvalue weighted by Crippen LogP contribution is 2.26. The minimum Gasteiger partial charge on any atom is -0.329 e. The predicted octanol–water partition coefficient (Wildman–Crippen LogP) is 5.68. The summed E-state index contributed by atoms with van der Waals surface area (Å²) in [6, 6.07) is 12.5. The lowest BCUT2D eigenvalue weighted by atomic mass is 9.95. The first-order valence-corrected chi connectivity index (χ1v) is 10.5. The second-order valence-corrected chi connectivity index (χ2v) is 9.40. The number of halogens is 3. The average molecular weight is 436 g/mol. The Morgan fingerprint density at radius 3 is 2.37 bits per heavy atom. The minimum absolute atomic E-state index is 0.0235. The van der Waals surface area contributed by atoms with Gasteiger partial charge in [-0.3, -0.25) is 4.79 Å². The van der Waals surface area contributed by atoms with Gasteiger partial charge in [-0.05, 0) is 41.8 Å². The molecule has 3 rings (SSSR count). The van der Waals surface area contributed by atoms with Crippen LogP contribution < -0.4 is 0 Å². The summed E-state index contributed by atoms with van der Waals surface area (Å²) < 4.78 is 40.8. The standard InChI is InChI=1S/C22H24F3N3OS/c1-21(2,3)14-28(15-22(23,24)25)20(29)16-7-9-18(10-8-16)30-13-17-12-27-11-5-4-6-19(27)26-17/h4-12H,13-15H2,1-3H3. The first-order chi connectivity index (χ1) is 14.0. The molecule has 2 heterocycles. The van der Waals surface area contributed by atoms with Crippen molar-refractivity contribution < 1.29 is 18.0 Å². The van der Waals surface area contributed by atoms with E-state index in [1.54, 1.807) is 36.0 Å². The molecule has 0 aliphatic rings. The monoisotopic (exact) mass is 435 g/mol. The molecule has 160 valence electrons. The highest BCUT2D eigenvalue weighted by Gasteiger charge is 2.35. The zero-order chi connectivity index (χ0) is 21.9. The molecule has 0 aliphatic heterocycles. The summed E-state index contributed by atoms with van der Waals surface area (Å²) in [6.07, 6.45) is -0.548. The third kappa shape index (κ3) is 6.26. The van der Waals surface area contributed by atoms with Gasteiger partial charge in [0.2, 0.25) is 0 Å². The van der Waals surface area contributed by atoms with E-state index in [1.807, 2.05) is 55.8 Å². The molecule has 8 heteroatoms. The van der Waals surface area contributed by atoms with Gasteiger partial charge in [-0.15, -0.1) is 11.8 Å². The fourth-order valence-corrected chi connectivity index (χ4v) is 3.86. The first-order valence-electron chi connectivity index (χ1n) is 9.52. The van der Waals surface area contributed by atoms with Crippen LogP contribution in [0.1, 0.15) is 36.8 Å². The molecular weight excluding hydrogens is 411 g/mol. The van der Waals surface area contributed by atoms with Gasteiger partial charge in [-0.25, -0.2) is 4.98 Å². The number of aromatic nitrogens is 2. The Morgan fingerprint density at radius 1 is 1.07 bits per heavy atom. The summed E-state index contributed by atoms with van der Waals surface area (Å²) in [5.41, 5.74) is 1.61. The van der Waals surface area contributed by atoms with Gasteiger partial charge < -0.3 is 9.30 Å². The van der Waals surface area contributed by atoms with Crippen LogP contribution in [0.25, 0.3) is 5.65 Å². The van der Waals surface area contributed by atoms with Gasteiger partial charge in [-0.2, -0.15) is 13.2 Å². The second kappa shape index (κ2) is 8.71. The Bertz CT molecular complexity index is 958. The molecule has 0 unspecified atom stereocenters. The van der Waals surface area contributed by atoms with Crippen molar-refractivity contribution in [3.05, 3.63) is 66.1 Å². The molecule has 0 saturated heterocycles. The van der Waals surface area contributed by atoms with Crippen LogP contribution in [0.15, 0.2) is 59.8 Å². The van der Waals surface area contributed by atoms with Gasteiger partial charge >= 0.3 is 6.18 Å². The molecule has 2 aromatic heterocycles. The number of imidazole rings is 1. The molecule has 0 saturated carbocycles. The van der Waals surface area contributed by atoms with Crippen molar-refractivity contribution in [2.75, 3.05) is 13.1 Å². The summed E-state index contributed by atoms with van der Waals surface area (Å²) in [5.74, 6) is 0.0401. The largest absolute Gasteiger partial charge is 0.406 e. The van der Waals surface area contributed by atoms with Gasteiger partial charge in [0.05, 0.1) is 5.69 Å². The van der Waals surface area contributed by atoms with Gasteiger partial charge in [-0.1, -0.05) is 26.8 Å². The number of hydrogen-bond donors (Lipinski definition) is 0. The van der Waals surface area contributed by atoms with E-state index in [0.29, 0.717) is 5.75 Å². The Hall–Kier alpha value is -2.48. The van der Waals surface area contributed by atoms with Crippen LogP contribution in [0.5, 0.6) is 0 Å². The lowest BCUT2D eigenvalue weighted by Gasteiger charge is -2.30. The van der Waals surface area contributed by atoms with Crippen molar-refractivity contribution in [2.45, 2.75) is 37.6 Å². The van der Waals surface area contributed by atoms with Gasteiger partial charge in [0.1, 0.15) is 12.2 Å². The Morgan fingerprint density at radius 2 is 1.77 bits per heavy atom. The number of nitrogens with zero attached hydrogens (tertiary/aromatic N) is 3. The average Bonchev–Trinajstić information content (AvgIpc) is 3.06. The van der Waals surface area contributed by atoms with E-state index in [9.17, 15) is 18.0 Å². The molecule has 0 radical (unpaired) electrons. The van der Waals surface area contributed by atoms with Gasteiger partial charge in [0, 0.05) is 35.2 Å². The molecular formula is C22H24F3N3OS. The number of alkyl halides is 3. The van der Waals surface area contributed by atoms with Crippen LogP contribution in [0.3, 0.4) is 0 Å². The van der Waals surface area contributed by atoms with Crippen LogP contribution in [0.4, 0.5) is 13.2 Å². The molecule has 0 atom stereocenters. The number of carbonyl (C=O) groups is 1. The van der Waals surface area contributed by atoms with Crippen molar-refractivity contribution in [3.8, 4) is 0 Å². The summed E-state index contributed by atoms with van der Waals surface area (Å²) in [6.45, 7) is 4.19. The SMILES string of the molecule is CC(C)(C)CN(CC(F)(F)F)C(=O)c1ccc(SCc2cn3ccccc3n2)cc1. The molecule has 30 heavy (non-hydrogen) atoms. The minimum atomic E-state index is -4.44. The number of pyridine rings is 1. The molecule has 3 aromatic rings. The van der Waals surface area contributed by atoms with Crippen LogP contribution in [0, 0.1) is 5.41 Å². The van der Waals surface area contributed by atoms with E-state index in [-0.39, 0.29) is 12.1 Å². The number of carbonyl (C=O) groups excluding carboxylic acids is 1. The molecule has 0 fully saturated rings. The zero-order valence-electron chi connectivity index (χ0n) is 17.1. The van der Waals surface area contributed by atoms with Gasteiger partial charge in [0.15, 0.2) is 0 Å². The Kier molecular flexibility index (Phi) is 6.45. The van der Waals surface area contributed by atoms with Crippen molar-refractivity contribution >= 4 is 23.3 Å². The summed E-state index contributed by atoms with van der Waals surface area (Å²) >= 11 is 1.56. The van der Waals surface area contributed by atoms with Crippen molar-refractivity contribution in [2.24, 2.45) is 5.41 Å². The maximum absolute atomic E-state index is 13.0. The van der Waals surface area contributed by atoms with E-state index in [2.05, 4.69) is 4.98 Å². The van der Waals surface area contributed by atoms with Crippen molar-refractivity contribution in [3.63, 3.8) is 0 Å². The number of amides is 1. The van der Waals surface area contributed by atoms with Crippen LogP contribution in [-0.2, 0) is 5.75 Å². The molecule has 1 aromatic carbocycles. The summed E-state index contributed by atoms with van der Waals surface area (Å²) in [7, 11) is 0. The van der Waals surface area contributed by atoms with Crippen LogP contribution in [-0.4, -0.2) is 39.5 Å². The molecule has 4 nitrogen and oxygen atoms in total. The quantitative estimate of drug-likeness (QED) is 0.468. The lowest BCUT2D eigenvalue weighted by Crippen LogP contribution is -2.43. The fourth-order valence-electron chi connectivity index (χ4n) is 3.08. The molecule has 0 aliphatic carbocycles. The molecule has 0 spiro atoms. The maximum atomic E-state index is 13.0. The summed E-state index contributed by atoms with van der Waals surface area (Å²) in [4.78, 5) is 19.0. The number of hydrogen-bond acceptors (Lipinski definition) is 3. The Balaban J connectivity index is 1.67. The number of rotatable bonds is 6. The highest BCUT2D eigenvalue weighted by atomic mass is 32.2. The second-order valence-electron chi connectivity index (χ2n) is 8.35. The highest BCUT2D eigenvalue weighted by molar-refractivity contribution is 7.98.